The van der Waals surface area contributed by atoms with Gasteiger partial charge in [0.2, 0.25) is 5.12 Å². The topological polar surface area (TPSA) is 43.1 Å². The lowest BCUT2D eigenvalue weighted by Crippen LogP contribution is -2.69. The number of hydrogen-bond acceptors (Lipinski definition) is 2. The van der Waals surface area contributed by atoms with E-state index in [1.165, 1.54) is 5.56 Å². The molecule has 1 aromatic rings. The van der Waals surface area contributed by atoms with E-state index < -0.39 is 16.1 Å². The first-order valence-electron chi connectivity index (χ1n) is 6.54. The van der Waals surface area contributed by atoms with Crippen LogP contribution in [0.3, 0.4) is 0 Å². The summed E-state index contributed by atoms with van der Waals surface area (Å²) in [6.07, 6.45) is 0. The lowest BCUT2D eigenvalue weighted by molar-refractivity contribution is 0.109. The maximum atomic E-state index is 11.3. The van der Waals surface area contributed by atoms with Crippen molar-refractivity contribution >= 4 is 33.9 Å². The maximum absolute atomic E-state index is 11.3. The van der Waals surface area contributed by atoms with E-state index in [1.807, 2.05) is 24.3 Å². The molecular formula is C14H25NOSSi2. The van der Waals surface area contributed by atoms with Crippen molar-refractivity contribution < 1.29 is 4.79 Å². The molecule has 0 amide bonds. The molecule has 0 fully saturated rings. The smallest absolute Gasteiger partial charge is 0.216 e. The summed E-state index contributed by atoms with van der Waals surface area (Å²) in [5.74, 6) is 0. The first-order valence-corrected chi connectivity index (χ1v) is 14.0. The first-order chi connectivity index (χ1) is 8.41. The van der Waals surface area contributed by atoms with Crippen molar-refractivity contribution in [3.05, 3.63) is 35.4 Å². The minimum Gasteiger partial charge on any atom is -0.326 e. The third kappa shape index (κ3) is 3.04. The van der Waals surface area contributed by atoms with Crippen LogP contribution in [0.25, 0.3) is 0 Å². The van der Waals surface area contributed by atoms with Crippen molar-refractivity contribution in [1.82, 2.24) is 0 Å². The van der Waals surface area contributed by atoms with E-state index in [0.29, 0.717) is 5.56 Å². The largest absolute Gasteiger partial charge is 0.326 e. The molecular weight excluding hydrogens is 286 g/mol. The molecule has 0 saturated heterocycles. The lowest BCUT2D eigenvalue weighted by atomic mass is 10.1. The molecule has 1 aromatic carbocycles. The van der Waals surface area contributed by atoms with Gasteiger partial charge in [0, 0.05) is 10.3 Å². The number of hydrogen-bond donors (Lipinski definition) is 2. The van der Waals surface area contributed by atoms with E-state index in [-0.39, 0.29) is 9.90 Å². The van der Waals surface area contributed by atoms with Crippen LogP contribution in [0.2, 0.25) is 39.3 Å². The Kier molecular flexibility index (Phi) is 4.57. The fourth-order valence-electron chi connectivity index (χ4n) is 2.87. The Bertz CT molecular complexity index is 458. The second-order valence-corrected chi connectivity index (χ2v) is 18.7. The quantitative estimate of drug-likeness (QED) is 0.658. The van der Waals surface area contributed by atoms with Crippen molar-refractivity contribution in [2.45, 2.75) is 44.1 Å². The van der Waals surface area contributed by atoms with Gasteiger partial charge in [0.15, 0.2) is 0 Å². The van der Waals surface area contributed by atoms with Gasteiger partial charge in [0.25, 0.3) is 0 Å². The molecule has 0 bridgehead atoms. The summed E-state index contributed by atoms with van der Waals surface area (Å²) in [6.45, 7) is 13.9. The molecule has 0 aliphatic heterocycles. The van der Waals surface area contributed by atoms with Gasteiger partial charge in [0.1, 0.15) is 0 Å². The Morgan fingerprint density at radius 1 is 1.00 bits per heavy atom. The molecule has 0 saturated carbocycles. The number of rotatable bonds is 4. The second-order valence-electron chi connectivity index (χ2n) is 7.19. The number of thiol groups is 1. The molecule has 0 heterocycles. The standard InChI is InChI=1S/C14H25NOSSi2/c1-18(2,3)14(15,19(4,5)6)12-9-7-11(8-10-12)13(16)17/h7-10H,15H2,1-6H3,(H,16,17). The fraction of sp³-hybridized carbons (Fsp3) is 0.500. The van der Waals surface area contributed by atoms with Crippen LogP contribution in [0.15, 0.2) is 24.3 Å². The Hall–Kier alpha value is -0.366. The minimum absolute atomic E-state index is 0.199. The zero-order valence-corrected chi connectivity index (χ0v) is 15.6. The highest BCUT2D eigenvalue weighted by molar-refractivity contribution is 7.97. The maximum Gasteiger partial charge on any atom is 0.216 e. The molecule has 0 aliphatic rings. The van der Waals surface area contributed by atoms with Gasteiger partial charge in [-0.2, -0.15) is 0 Å². The summed E-state index contributed by atoms with van der Waals surface area (Å²) in [6, 6.07) is 7.71. The molecule has 0 unspecified atom stereocenters. The van der Waals surface area contributed by atoms with Crippen LogP contribution in [-0.4, -0.2) is 21.3 Å². The van der Waals surface area contributed by atoms with Gasteiger partial charge in [-0.05, 0) is 5.56 Å². The van der Waals surface area contributed by atoms with Gasteiger partial charge in [-0.15, -0.1) is 12.6 Å². The van der Waals surface area contributed by atoms with Crippen molar-refractivity contribution in [1.29, 1.82) is 0 Å². The summed E-state index contributed by atoms with van der Waals surface area (Å²) in [5.41, 5.74) is 8.72. The van der Waals surface area contributed by atoms with E-state index in [1.54, 1.807) is 0 Å². The lowest BCUT2D eigenvalue weighted by Gasteiger charge is -2.49. The Balaban J connectivity index is 3.40. The number of nitrogens with two attached hydrogens (primary N) is 1. The molecule has 0 aliphatic carbocycles. The third-order valence-electron chi connectivity index (χ3n) is 3.95. The van der Waals surface area contributed by atoms with Gasteiger partial charge >= 0.3 is 0 Å². The third-order valence-corrected chi connectivity index (χ3v) is 14.0. The van der Waals surface area contributed by atoms with E-state index in [0.717, 1.165) is 0 Å². The highest BCUT2D eigenvalue weighted by atomic mass is 32.1. The number of benzene rings is 1. The van der Waals surface area contributed by atoms with Gasteiger partial charge in [0.05, 0.1) is 16.1 Å². The highest BCUT2D eigenvalue weighted by Gasteiger charge is 2.50. The average molecular weight is 312 g/mol. The van der Waals surface area contributed by atoms with E-state index in [2.05, 4.69) is 51.9 Å². The summed E-state index contributed by atoms with van der Waals surface area (Å²) >= 11 is 3.86. The molecule has 5 heteroatoms. The monoisotopic (exact) mass is 311 g/mol. The molecule has 0 aromatic heterocycles. The fourth-order valence-corrected chi connectivity index (χ4v) is 14.1. The summed E-state index contributed by atoms with van der Waals surface area (Å²) in [4.78, 5) is 11.0. The zero-order chi connectivity index (χ0) is 15.1. The first kappa shape index (κ1) is 16.7. The van der Waals surface area contributed by atoms with Crippen LogP contribution in [-0.2, 0) is 4.79 Å². The van der Waals surface area contributed by atoms with Gasteiger partial charge in [-0.3, -0.25) is 4.79 Å². The second kappa shape index (κ2) is 5.20. The van der Waals surface area contributed by atoms with Crippen molar-refractivity contribution in [2.75, 3.05) is 0 Å². The van der Waals surface area contributed by atoms with Crippen LogP contribution < -0.4 is 5.73 Å². The zero-order valence-electron chi connectivity index (χ0n) is 12.7. The van der Waals surface area contributed by atoms with Crippen LogP contribution >= 0.6 is 12.6 Å². The van der Waals surface area contributed by atoms with E-state index in [9.17, 15) is 4.79 Å². The SMILES string of the molecule is C[Si](C)(C)C(N)(c1ccc(C(=O)S)cc1)[Si](C)(C)C. The molecule has 0 radical (unpaired) electrons. The molecule has 0 atom stereocenters. The van der Waals surface area contributed by atoms with E-state index in [4.69, 9.17) is 5.73 Å². The van der Waals surface area contributed by atoms with E-state index >= 15 is 0 Å². The average Bonchev–Trinajstić information content (AvgIpc) is 2.25. The van der Waals surface area contributed by atoms with Crippen LogP contribution in [0.5, 0.6) is 0 Å². The number of carbonyl (C=O) groups excluding carboxylic acids is 1. The predicted molar refractivity (Wildman–Crippen MR) is 92.3 cm³/mol. The molecule has 2 nitrogen and oxygen atoms in total. The summed E-state index contributed by atoms with van der Waals surface area (Å²) in [7, 11) is -3.19. The Morgan fingerprint density at radius 2 is 1.37 bits per heavy atom. The van der Waals surface area contributed by atoms with Gasteiger partial charge in [-0.25, -0.2) is 0 Å². The van der Waals surface area contributed by atoms with Crippen molar-refractivity contribution in [3.8, 4) is 0 Å². The molecule has 0 spiro atoms. The Labute approximate surface area is 124 Å². The molecule has 106 valence electrons. The van der Waals surface area contributed by atoms with Crippen molar-refractivity contribution in [2.24, 2.45) is 5.73 Å². The highest BCUT2D eigenvalue weighted by Crippen LogP contribution is 2.37. The number of carbonyl (C=O) groups is 1. The van der Waals surface area contributed by atoms with Gasteiger partial charge in [-0.1, -0.05) is 63.5 Å². The summed E-state index contributed by atoms with van der Waals surface area (Å²) < 4.78 is 0. The van der Waals surface area contributed by atoms with Crippen LogP contribution in [0.4, 0.5) is 0 Å². The Morgan fingerprint density at radius 3 is 1.63 bits per heavy atom. The van der Waals surface area contributed by atoms with Crippen molar-refractivity contribution in [3.63, 3.8) is 0 Å². The van der Waals surface area contributed by atoms with Crippen LogP contribution in [0, 0.1) is 0 Å². The molecule has 1 rings (SSSR count). The minimum atomic E-state index is -1.60. The molecule has 2 N–H and O–H groups in total. The summed E-state index contributed by atoms with van der Waals surface area (Å²) in [5, 5.41) is -0.199. The predicted octanol–water partition coefficient (Wildman–Crippen LogP) is 3.67. The van der Waals surface area contributed by atoms with Gasteiger partial charge < -0.3 is 5.73 Å². The molecule has 19 heavy (non-hydrogen) atoms. The van der Waals surface area contributed by atoms with Crippen LogP contribution in [0.1, 0.15) is 15.9 Å². The normalized spacial score (nSPS) is 13.5.